The summed E-state index contributed by atoms with van der Waals surface area (Å²) in [6.45, 7) is 2.16. The van der Waals surface area contributed by atoms with Crippen LogP contribution in [0.3, 0.4) is 0 Å². The number of benzene rings is 1. The maximum atomic E-state index is 12.8. The number of piperidine rings is 1. The van der Waals surface area contributed by atoms with Crippen molar-refractivity contribution < 1.29 is 19.1 Å². The second kappa shape index (κ2) is 5.79. The standard InChI is InChI=1S/C19H19N3O4/c23-18(13-3-4-16-17(10-13)26-12-25-16)20-8-5-14(6-9-20)22-11-15-2-1-7-21(15)19(22)24/h1-4,7,10,14H,5-6,8-9,11-12H2. The lowest BCUT2D eigenvalue weighted by Gasteiger charge is -2.36. The predicted molar refractivity (Wildman–Crippen MR) is 92.3 cm³/mol. The minimum absolute atomic E-state index is 0.000703. The van der Waals surface area contributed by atoms with Crippen molar-refractivity contribution in [1.29, 1.82) is 0 Å². The maximum absolute atomic E-state index is 12.8. The number of rotatable bonds is 2. The van der Waals surface area contributed by atoms with E-state index in [4.69, 9.17) is 9.47 Å². The third-order valence-electron chi connectivity index (χ3n) is 5.43. The van der Waals surface area contributed by atoms with E-state index in [1.54, 1.807) is 22.8 Å². The summed E-state index contributed by atoms with van der Waals surface area (Å²) in [7, 11) is 0. The second-order valence-electron chi connectivity index (χ2n) is 6.87. The summed E-state index contributed by atoms with van der Waals surface area (Å²) < 4.78 is 12.4. The topological polar surface area (TPSA) is 64.0 Å². The molecule has 0 unspecified atom stereocenters. The van der Waals surface area contributed by atoms with E-state index in [0.29, 0.717) is 36.7 Å². The highest BCUT2D eigenvalue weighted by Crippen LogP contribution is 2.33. The van der Waals surface area contributed by atoms with E-state index in [2.05, 4.69) is 0 Å². The molecule has 3 aliphatic rings. The number of hydrogen-bond acceptors (Lipinski definition) is 4. The monoisotopic (exact) mass is 353 g/mol. The molecule has 7 heteroatoms. The number of amides is 2. The Balaban J connectivity index is 1.24. The van der Waals surface area contributed by atoms with Crippen LogP contribution >= 0.6 is 0 Å². The second-order valence-corrected chi connectivity index (χ2v) is 6.87. The molecule has 0 atom stereocenters. The molecule has 26 heavy (non-hydrogen) atoms. The van der Waals surface area contributed by atoms with Crippen LogP contribution in [-0.4, -0.2) is 52.2 Å². The van der Waals surface area contributed by atoms with Crippen molar-refractivity contribution in [1.82, 2.24) is 14.4 Å². The zero-order valence-corrected chi connectivity index (χ0v) is 14.3. The first-order valence-electron chi connectivity index (χ1n) is 8.87. The summed E-state index contributed by atoms with van der Waals surface area (Å²) in [5, 5.41) is 0. The van der Waals surface area contributed by atoms with E-state index >= 15 is 0 Å². The molecule has 0 N–H and O–H groups in total. The predicted octanol–water partition coefficient (Wildman–Crippen LogP) is 2.31. The van der Waals surface area contributed by atoms with Crippen molar-refractivity contribution in [2.45, 2.75) is 25.4 Å². The Morgan fingerprint density at radius 2 is 1.88 bits per heavy atom. The molecule has 2 aromatic rings. The number of carbonyl (C=O) groups excluding carboxylic acids is 2. The minimum atomic E-state index is 0.000703. The summed E-state index contributed by atoms with van der Waals surface area (Å²) >= 11 is 0. The number of fused-ring (bicyclic) bond motifs is 2. The van der Waals surface area contributed by atoms with Gasteiger partial charge in [-0.25, -0.2) is 4.79 Å². The first-order chi connectivity index (χ1) is 12.7. The molecule has 7 nitrogen and oxygen atoms in total. The van der Waals surface area contributed by atoms with Gasteiger partial charge in [0, 0.05) is 36.6 Å². The van der Waals surface area contributed by atoms with Crippen molar-refractivity contribution in [3.63, 3.8) is 0 Å². The highest BCUT2D eigenvalue weighted by molar-refractivity contribution is 5.95. The van der Waals surface area contributed by atoms with Gasteiger partial charge in [-0.15, -0.1) is 0 Å². The Hall–Kier alpha value is -2.96. The molecule has 1 aromatic heterocycles. The highest BCUT2D eigenvalue weighted by Gasteiger charge is 2.35. The van der Waals surface area contributed by atoms with Gasteiger partial charge < -0.3 is 19.3 Å². The molecule has 0 radical (unpaired) electrons. The summed E-state index contributed by atoms with van der Waals surface area (Å²) in [6.07, 6.45) is 3.41. The fourth-order valence-electron chi connectivity index (χ4n) is 3.99. The molecule has 3 aliphatic heterocycles. The number of nitrogens with zero attached hydrogens (tertiary/aromatic N) is 3. The Morgan fingerprint density at radius 1 is 1.08 bits per heavy atom. The highest BCUT2D eigenvalue weighted by atomic mass is 16.7. The molecular formula is C19H19N3O4. The molecule has 4 heterocycles. The number of ether oxygens (including phenoxy) is 2. The number of carbonyl (C=O) groups is 2. The zero-order valence-electron chi connectivity index (χ0n) is 14.3. The first kappa shape index (κ1) is 15.3. The van der Waals surface area contributed by atoms with Crippen molar-refractivity contribution in [3.8, 4) is 11.5 Å². The SMILES string of the molecule is O=C(c1ccc2c(c1)OCO2)N1CCC(N2Cc3cccn3C2=O)CC1. The molecule has 2 amide bonds. The van der Waals surface area contributed by atoms with E-state index in [1.807, 2.05) is 28.1 Å². The van der Waals surface area contributed by atoms with Gasteiger partial charge in [-0.05, 0) is 43.2 Å². The van der Waals surface area contributed by atoms with Crippen LogP contribution < -0.4 is 9.47 Å². The molecule has 0 bridgehead atoms. The normalized spacial score (nSPS) is 19.2. The van der Waals surface area contributed by atoms with Gasteiger partial charge >= 0.3 is 6.03 Å². The van der Waals surface area contributed by atoms with Crippen LogP contribution in [0.15, 0.2) is 36.5 Å². The zero-order chi connectivity index (χ0) is 17.7. The van der Waals surface area contributed by atoms with Crippen LogP contribution in [0.4, 0.5) is 4.79 Å². The first-order valence-corrected chi connectivity index (χ1v) is 8.87. The average molecular weight is 353 g/mol. The number of aromatic nitrogens is 1. The van der Waals surface area contributed by atoms with E-state index < -0.39 is 0 Å². The van der Waals surface area contributed by atoms with Crippen LogP contribution in [0.5, 0.6) is 11.5 Å². The van der Waals surface area contributed by atoms with Crippen molar-refractivity contribution in [2.75, 3.05) is 19.9 Å². The summed E-state index contributed by atoms with van der Waals surface area (Å²) in [4.78, 5) is 29.0. The lowest BCUT2D eigenvalue weighted by Crippen LogP contribution is -2.47. The van der Waals surface area contributed by atoms with Gasteiger partial charge in [0.2, 0.25) is 6.79 Å². The molecule has 0 saturated carbocycles. The quantitative estimate of drug-likeness (QED) is 0.831. The molecule has 1 fully saturated rings. The average Bonchev–Trinajstić information content (AvgIpc) is 3.38. The fourth-order valence-corrected chi connectivity index (χ4v) is 3.99. The van der Waals surface area contributed by atoms with E-state index in [9.17, 15) is 9.59 Å². The largest absolute Gasteiger partial charge is 0.454 e. The smallest absolute Gasteiger partial charge is 0.329 e. The van der Waals surface area contributed by atoms with E-state index in [-0.39, 0.29) is 24.8 Å². The third-order valence-corrected chi connectivity index (χ3v) is 5.43. The van der Waals surface area contributed by atoms with Crippen LogP contribution in [0.1, 0.15) is 28.9 Å². The van der Waals surface area contributed by atoms with Gasteiger partial charge in [0.05, 0.1) is 6.54 Å². The summed E-state index contributed by atoms with van der Waals surface area (Å²) in [5.41, 5.74) is 1.65. The van der Waals surface area contributed by atoms with Gasteiger partial charge in [0.25, 0.3) is 5.91 Å². The van der Waals surface area contributed by atoms with E-state index in [0.717, 1.165) is 18.5 Å². The van der Waals surface area contributed by atoms with Crippen LogP contribution in [0, 0.1) is 0 Å². The van der Waals surface area contributed by atoms with Crippen molar-refractivity contribution in [3.05, 3.63) is 47.8 Å². The Labute approximate surface area is 150 Å². The Kier molecular flexibility index (Phi) is 3.41. The van der Waals surface area contributed by atoms with Crippen LogP contribution in [0.2, 0.25) is 0 Å². The van der Waals surface area contributed by atoms with Crippen molar-refractivity contribution >= 4 is 11.9 Å². The summed E-state index contributed by atoms with van der Waals surface area (Å²) in [5.74, 6) is 1.30. The molecule has 0 spiro atoms. The molecule has 0 aliphatic carbocycles. The van der Waals surface area contributed by atoms with Crippen LogP contribution in [0.25, 0.3) is 0 Å². The summed E-state index contributed by atoms with van der Waals surface area (Å²) in [6, 6.07) is 9.41. The minimum Gasteiger partial charge on any atom is -0.454 e. The van der Waals surface area contributed by atoms with E-state index in [1.165, 1.54) is 0 Å². The van der Waals surface area contributed by atoms with Gasteiger partial charge in [-0.3, -0.25) is 9.36 Å². The molecule has 1 saturated heterocycles. The molecule has 1 aromatic carbocycles. The molecule has 134 valence electrons. The van der Waals surface area contributed by atoms with Gasteiger partial charge in [-0.1, -0.05) is 0 Å². The third kappa shape index (κ3) is 2.34. The Morgan fingerprint density at radius 3 is 2.69 bits per heavy atom. The Bertz CT molecular complexity index is 883. The lowest BCUT2D eigenvalue weighted by atomic mass is 10.0. The van der Waals surface area contributed by atoms with Gasteiger partial charge in [-0.2, -0.15) is 0 Å². The molecule has 5 rings (SSSR count). The number of likely N-dealkylation sites (tertiary alicyclic amines) is 1. The van der Waals surface area contributed by atoms with Crippen LogP contribution in [-0.2, 0) is 6.54 Å². The number of hydrogen-bond donors (Lipinski definition) is 0. The fraction of sp³-hybridized carbons (Fsp3) is 0.368. The maximum Gasteiger partial charge on any atom is 0.329 e. The van der Waals surface area contributed by atoms with Gasteiger partial charge in [0.15, 0.2) is 11.5 Å². The molecular weight excluding hydrogens is 334 g/mol. The van der Waals surface area contributed by atoms with Crippen molar-refractivity contribution in [2.24, 2.45) is 0 Å². The van der Waals surface area contributed by atoms with Gasteiger partial charge in [0.1, 0.15) is 0 Å². The lowest BCUT2D eigenvalue weighted by molar-refractivity contribution is 0.0656.